The molecule has 1 fully saturated rings. The van der Waals surface area contributed by atoms with Crippen molar-refractivity contribution in [3.05, 3.63) is 66.1 Å². The number of aromatic nitrogens is 3. The summed E-state index contributed by atoms with van der Waals surface area (Å²) in [5.74, 6) is 1.04. The van der Waals surface area contributed by atoms with Gasteiger partial charge in [0.2, 0.25) is 5.91 Å². The summed E-state index contributed by atoms with van der Waals surface area (Å²) in [5, 5.41) is 8.62. The number of rotatable bonds is 3. The molecule has 1 aromatic carbocycles. The van der Waals surface area contributed by atoms with Crippen LogP contribution in [-0.2, 0) is 10.3 Å². The largest absolute Gasteiger partial charge is 0.340 e. The molecule has 0 spiro atoms. The molecule has 4 rings (SSSR count). The molecule has 6 heteroatoms. The summed E-state index contributed by atoms with van der Waals surface area (Å²) in [6, 6.07) is 15.4. The van der Waals surface area contributed by atoms with Crippen LogP contribution in [0.1, 0.15) is 37.1 Å². The first-order chi connectivity index (χ1) is 12.6. The number of pyridine rings is 1. The number of nitrogens with two attached hydrogens (primary N) is 1. The Kier molecular flexibility index (Phi) is 4.20. The highest BCUT2D eigenvalue weighted by Crippen LogP contribution is 2.29. The molecule has 2 aromatic heterocycles. The molecular formula is C20H23N5O. The molecule has 134 valence electrons. The van der Waals surface area contributed by atoms with Crippen LogP contribution in [0.15, 0.2) is 54.7 Å². The number of fused-ring (bicyclic) bond motifs is 1. The number of piperidine rings is 1. The van der Waals surface area contributed by atoms with Gasteiger partial charge in [-0.2, -0.15) is 0 Å². The first-order valence-electron chi connectivity index (χ1n) is 9.01. The van der Waals surface area contributed by atoms with E-state index in [2.05, 4.69) is 10.2 Å². The van der Waals surface area contributed by atoms with Crippen molar-refractivity contribution in [2.75, 3.05) is 13.1 Å². The summed E-state index contributed by atoms with van der Waals surface area (Å²) >= 11 is 0. The van der Waals surface area contributed by atoms with Gasteiger partial charge < -0.3 is 10.6 Å². The van der Waals surface area contributed by atoms with Crippen LogP contribution in [0.25, 0.3) is 5.65 Å². The van der Waals surface area contributed by atoms with Gasteiger partial charge in [0.15, 0.2) is 5.65 Å². The normalized spacial score (nSPS) is 20.1. The van der Waals surface area contributed by atoms with Gasteiger partial charge in [-0.05, 0) is 37.5 Å². The van der Waals surface area contributed by atoms with E-state index in [0.717, 1.165) is 36.4 Å². The third-order valence-electron chi connectivity index (χ3n) is 5.23. The number of carbonyl (C=O) groups is 1. The fraction of sp³-hybridized carbons (Fsp3) is 0.350. The summed E-state index contributed by atoms with van der Waals surface area (Å²) in [6.07, 6.45) is 3.90. The van der Waals surface area contributed by atoms with Crippen molar-refractivity contribution >= 4 is 11.6 Å². The van der Waals surface area contributed by atoms with Gasteiger partial charge in [-0.25, -0.2) is 0 Å². The Morgan fingerprint density at radius 1 is 1.15 bits per heavy atom. The summed E-state index contributed by atoms with van der Waals surface area (Å²) < 4.78 is 2.01. The maximum absolute atomic E-state index is 13.2. The van der Waals surface area contributed by atoms with Crippen molar-refractivity contribution in [3.8, 4) is 0 Å². The Morgan fingerprint density at radius 2 is 1.92 bits per heavy atom. The molecule has 6 nitrogen and oxygen atoms in total. The van der Waals surface area contributed by atoms with Gasteiger partial charge in [0.1, 0.15) is 11.4 Å². The van der Waals surface area contributed by atoms with Gasteiger partial charge in [-0.1, -0.05) is 36.4 Å². The van der Waals surface area contributed by atoms with Crippen molar-refractivity contribution in [1.29, 1.82) is 0 Å². The molecule has 0 aliphatic carbocycles. The van der Waals surface area contributed by atoms with E-state index in [9.17, 15) is 4.79 Å². The second kappa shape index (κ2) is 6.53. The van der Waals surface area contributed by atoms with Gasteiger partial charge in [0.05, 0.1) is 0 Å². The lowest BCUT2D eigenvalue weighted by Crippen LogP contribution is -2.53. The maximum atomic E-state index is 13.2. The standard InChI is InChI=1S/C20H23N5O/c1-20(21,16-9-3-2-4-10-16)19(26)24-12-7-8-15(14-24)18-23-22-17-11-5-6-13-25(17)18/h2-6,9-11,13,15H,7-8,12,14,21H2,1H3. The smallest absolute Gasteiger partial charge is 0.246 e. The van der Waals surface area contributed by atoms with Crippen LogP contribution in [0.2, 0.25) is 0 Å². The summed E-state index contributed by atoms with van der Waals surface area (Å²) in [6.45, 7) is 3.14. The van der Waals surface area contributed by atoms with Crippen LogP contribution in [-0.4, -0.2) is 38.5 Å². The minimum Gasteiger partial charge on any atom is -0.340 e. The van der Waals surface area contributed by atoms with E-state index in [0.29, 0.717) is 6.54 Å². The topological polar surface area (TPSA) is 76.5 Å². The fourth-order valence-electron chi connectivity index (χ4n) is 3.75. The highest BCUT2D eigenvalue weighted by atomic mass is 16.2. The molecule has 2 unspecified atom stereocenters. The number of carbonyl (C=O) groups excluding carboxylic acids is 1. The molecule has 3 heterocycles. The lowest BCUT2D eigenvalue weighted by Gasteiger charge is -2.37. The lowest BCUT2D eigenvalue weighted by atomic mass is 9.89. The average Bonchev–Trinajstić information content (AvgIpc) is 3.12. The van der Waals surface area contributed by atoms with Crippen LogP contribution in [0, 0.1) is 0 Å². The van der Waals surface area contributed by atoms with Crippen molar-refractivity contribution < 1.29 is 4.79 Å². The van der Waals surface area contributed by atoms with Crippen LogP contribution >= 0.6 is 0 Å². The van der Waals surface area contributed by atoms with Crippen molar-refractivity contribution in [1.82, 2.24) is 19.5 Å². The second-order valence-corrected chi connectivity index (χ2v) is 7.15. The first kappa shape index (κ1) is 16.7. The van der Waals surface area contributed by atoms with Crippen LogP contribution < -0.4 is 5.73 Å². The minimum absolute atomic E-state index is 0.0396. The van der Waals surface area contributed by atoms with Crippen LogP contribution in [0.5, 0.6) is 0 Å². The SMILES string of the molecule is CC(N)(C(=O)N1CCCC(c2nnc3ccccn23)C1)c1ccccc1. The van der Waals surface area contributed by atoms with E-state index < -0.39 is 5.54 Å². The Labute approximate surface area is 152 Å². The molecule has 1 saturated heterocycles. The zero-order valence-corrected chi connectivity index (χ0v) is 14.9. The van der Waals surface area contributed by atoms with E-state index in [1.165, 1.54) is 0 Å². The Hall–Kier alpha value is -2.73. The Balaban J connectivity index is 1.58. The zero-order chi connectivity index (χ0) is 18.1. The fourth-order valence-corrected chi connectivity index (χ4v) is 3.75. The number of hydrogen-bond acceptors (Lipinski definition) is 4. The maximum Gasteiger partial charge on any atom is 0.246 e. The van der Waals surface area contributed by atoms with Gasteiger partial charge in [-0.3, -0.25) is 9.20 Å². The predicted octanol–water partition coefficient (Wildman–Crippen LogP) is 2.31. The van der Waals surface area contributed by atoms with Crippen LogP contribution in [0.4, 0.5) is 0 Å². The summed E-state index contributed by atoms with van der Waals surface area (Å²) in [7, 11) is 0. The molecule has 1 aliphatic heterocycles. The molecule has 26 heavy (non-hydrogen) atoms. The molecule has 0 saturated carbocycles. The van der Waals surface area contributed by atoms with Gasteiger partial charge in [-0.15, -0.1) is 10.2 Å². The molecular weight excluding hydrogens is 326 g/mol. The summed E-state index contributed by atoms with van der Waals surface area (Å²) in [5.41, 5.74) is 7.08. The average molecular weight is 349 g/mol. The van der Waals surface area contributed by atoms with Crippen molar-refractivity contribution in [3.63, 3.8) is 0 Å². The molecule has 3 aromatic rings. The van der Waals surface area contributed by atoms with E-state index in [1.807, 2.05) is 64.0 Å². The molecule has 2 atom stereocenters. The van der Waals surface area contributed by atoms with E-state index in [4.69, 9.17) is 5.73 Å². The van der Waals surface area contributed by atoms with Gasteiger partial charge in [0, 0.05) is 25.2 Å². The number of hydrogen-bond donors (Lipinski definition) is 1. The van der Waals surface area contributed by atoms with E-state index >= 15 is 0 Å². The number of likely N-dealkylation sites (tertiary alicyclic amines) is 1. The minimum atomic E-state index is -1.03. The van der Waals surface area contributed by atoms with Gasteiger partial charge in [0.25, 0.3) is 0 Å². The van der Waals surface area contributed by atoms with Crippen molar-refractivity contribution in [2.45, 2.75) is 31.2 Å². The zero-order valence-electron chi connectivity index (χ0n) is 14.9. The molecule has 1 aliphatic rings. The Bertz CT molecular complexity index is 918. The lowest BCUT2D eigenvalue weighted by molar-refractivity contribution is -0.138. The van der Waals surface area contributed by atoms with Crippen LogP contribution in [0.3, 0.4) is 0 Å². The first-order valence-corrected chi connectivity index (χ1v) is 9.01. The second-order valence-electron chi connectivity index (χ2n) is 7.15. The predicted molar refractivity (Wildman–Crippen MR) is 99.5 cm³/mol. The Morgan fingerprint density at radius 3 is 2.73 bits per heavy atom. The monoisotopic (exact) mass is 349 g/mol. The van der Waals surface area contributed by atoms with Crippen molar-refractivity contribution in [2.24, 2.45) is 5.73 Å². The quantitative estimate of drug-likeness (QED) is 0.787. The summed E-state index contributed by atoms with van der Waals surface area (Å²) in [4.78, 5) is 15.0. The number of nitrogens with zero attached hydrogens (tertiary/aromatic N) is 4. The molecule has 0 bridgehead atoms. The highest BCUT2D eigenvalue weighted by molar-refractivity contribution is 5.87. The number of benzene rings is 1. The molecule has 1 amide bonds. The third-order valence-corrected chi connectivity index (χ3v) is 5.23. The third kappa shape index (κ3) is 2.86. The van der Waals surface area contributed by atoms with E-state index in [-0.39, 0.29) is 11.8 Å². The van der Waals surface area contributed by atoms with E-state index in [1.54, 1.807) is 6.92 Å². The molecule has 2 N–H and O–H groups in total. The number of amides is 1. The highest BCUT2D eigenvalue weighted by Gasteiger charge is 2.37. The van der Waals surface area contributed by atoms with Gasteiger partial charge >= 0.3 is 0 Å². The molecule has 0 radical (unpaired) electrons.